The van der Waals surface area contributed by atoms with Gasteiger partial charge in [-0.3, -0.25) is 23.9 Å². The van der Waals surface area contributed by atoms with Crippen LogP contribution in [0.4, 0.5) is 0 Å². The molecule has 12 nitrogen and oxygen atoms in total. The molecule has 4 aromatic rings. The maximum Gasteiger partial charge on any atom is 0.272 e. The van der Waals surface area contributed by atoms with Gasteiger partial charge >= 0.3 is 0 Å². The molecule has 2 aliphatic rings. The topological polar surface area (TPSA) is 137 Å². The highest BCUT2D eigenvalue weighted by Crippen LogP contribution is 2.27. The summed E-state index contributed by atoms with van der Waals surface area (Å²) in [7, 11) is 0. The summed E-state index contributed by atoms with van der Waals surface area (Å²) in [5.41, 5.74) is 4.00. The van der Waals surface area contributed by atoms with Crippen molar-refractivity contribution in [3.63, 3.8) is 0 Å². The number of nitrogens with one attached hydrogen (secondary N) is 2. The summed E-state index contributed by atoms with van der Waals surface area (Å²) in [6, 6.07) is 15.3. The van der Waals surface area contributed by atoms with Gasteiger partial charge in [0.05, 0.1) is 29.1 Å². The van der Waals surface area contributed by atoms with E-state index in [4.69, 9.17) is 0 Å². The van der Waals surface area contributed by atoms with E-state index in [1.165, 1.54) is 0 Å². The van der Waals surface area contributed by atoms with Crippen LogP contribution in [0.3, 0.4) is 0 Å². The van der Waals surface area contributed by atoms with E-state index in [9.17, 15) is 19.2 Å². The monoisotopic (exact) mass is 666 g/mol. The first kappa shape index (κ1) is 33.9. The van der Waals surface area contributed by atoms with Gasteiger partial charge in [0.2, 0.25) is 5.91 Å². The number of hydrogen-bond donors (Lipinski definition) is 2. The molecule has 2 saturated heterocycles. The zero-order chi connectivity index (χ0) is 34.5. The Hall–Kier alpha value is -5.00. The average Bonchev–Trinajstić information content (AvgIpc) is 3.86. The van der Waals surface area contributed by atoms with Gasteiger partial charge in [0, 0.05) is 50.4 Å². The van der Waals surface area contributed by atoms with Crippen molar-refractivity contribution in [2.45, 2.75) is 71.5 Å². The second-order valence-electron chi connectivity index (χ2n) is 13.4. The molecular formula is C37H46N8O4. The van der Waals surface area contributed by atoms with Gasteiger partial charge in [-0.1, -0.05) is 32.0 Å². The van der Waals surface area contributed by atoms with Crippen molar-refractivity contribution in [1.82, 2.24) is 39.8 Å². The van der Waals surface area contributed by atoms with Crippen molar-refractivity contribution in [3.8, 4) is 0 Å². The number of aryl methyl sites for hydroxylation is 1. The number of aromatic nitrogens is 4. The smallest absolute Gasteiger partial charge is 0.272 e. The van der Waals surface area contributed by atoms with E-state index >= 15 is 0 Å². The van der Waals surface area contributed by atoms with Crippen LogP contribution >= 0.6 is 0 Å². The Morgan fingerprint density at radius 2 is 1.69 bits per heavy atom. The number of hydrogen-bond acceptors (Lipinski definition) is 6. The van der Waals surface area contributed by atoms with Crippen LogP contribution in [-0.4, -0.2) is 103 Å². The molecule has 258 valence electrons. The number of imidazole rings is 1. The van der Waals surface area contributed by atoms with Crippen molar-refractivity contribution < 1.29 is 19.2 Å². The van der Waals surface area contributed by atoms with Crippen LogP contribution in [0, 0.1) is 5.92 Å². The molecule has 2 aliphatic heterocycles. The van der Waals surface area contributed by atoms with Crippen LogP contribution in [0.2, 0.25) is 0 Å². The van der Waals surface area contributed by atoms with Crippen LogP contribution in [0.25, 0.3) is 11.0 Å². The fourth-order valence-electron chi connectivity index (χ4n) is 7.01. The Morgan fingerprint density at radius 3 is 2.47 bits per heavy atom. The summed E-state index contributed by atoms with van der Waals surface area (Å²) < 4.78 is 1.72. The summed E-state index contributed by atoms with van der Waals surface area (Å²) in [6.45, 7) is 8.67. The van der Waals surface area contributed by atoms with Gasteiger partial charge in [-0.25, -0.2) is 4.98 Å². The Kier molecular flexibility index (Phi) is 10.4. The lowest BCUT2D eigenvalue weighted by Crippen LogP contribution is -2.46. The number of aromatic amines is 1. The number of amides is 4. The number of carbonyl (C=O) groups is 4. The first-order valence-corrected chi connectivity index (χ1v) is 17.5. The van der Waals surface area contributed by atoms with Crippen molar-refractivity contribution in [2.24, 2.45) is 5.92 Å². The van der Waals surface area contributed by atoms with Gasteiger partial charge in [-0.05, 0) is 81.3 Å². The van der Waals surface area contributed by atoms with Gasteiger partial charge in [-0.15, -0.1) is 0 Å². The minimum atomic E-state index is -0.726. The molecule has 2 atom stereocenters. The fourth-order valence-corrected chi connectivity index (χ4v) is 7.01. The largest absolute Gasteiger partial charge is 0.354 e. The number of fused-ring (bicyclic) bond motifs is 3. The van der Waals surface area contributed by atoms with E-state index in [1.54, 1.807) is 39.0 Å². The molecule has 0 unspecified atom stereocenters. The number of H-pyrrole nitrogens is 1. The van der Waals surface area contributed by atoms with Gasteiger partial charge in [-0.2, -0.15) is 5.10 Å². The second kappa shape index (κ2) is 15.0. The van der Waals surface area contributed by atoms with E-state index in [1.807, 2.05) is 48.2 Å². The Bertz CT molecular complexity index is 1800. The molecule has 2 bridgehead atoms. The molecule has 2 aromatic carbocycles. The second-order valence-corrected chi connectivity index (χ2v) is 13.4. The molecule has 0 aliphatic carbocycles. The lowest BCUT2D eigenvalue weighted by molar-refractivity contribution is -0.124. The fraction of sp³-hybridized carbons (Fsp3) is 0.459. The molecule has 4 heterocycles. The average molecular weight is 667 g/mol. The maximum atomic E-state index is 14.3. The van der Waals surface area contributed by atoms with E-state index in [2.05, 4.69) is 34.2 Å². The molecule has 4 amide bonds. The predicted molar refractivity (Wildman–Crippen MR) is 186 cm³/mol. The molecule has 0 spiro atoms. The maximum absolute atomic E-state index is 14.3. The quantitative estimate of drug-likeness (QED) is 0.318. The number of nitrogens with zero attached hydrogens (tertiary/aromatic N) is 6. The summed E-state index contributed by atoms with van der Waals surface area (Å²) >= 11 is 0. The predicted octanol–water partition coefficient (Wildman–Crippen LogP) is 4.15. The summed E-state index contributed by atoms with van der Waals surface area (Å²) in [5, 5.41) is 7.74. The molecule has 49 heavy (non-hydrogen) atoms. The molecule has 0 saturated carbocycles. The zero-order valence-corrected chi connectivity index (χ0v) is 28.6. The highest BCUT2D eigenvalue weighted by Gasteiger charge is 2.44. The molecular weight excluding hydrogens is 620 g/mol. The van der Waals surface area contributed by atoms with Crippen molar-refractivity contribution in [1.29, 1.82) is 0 Å². The molecule has 0 radical (unpaired) electrons. The molecule has 2 N–H and O–H groups in total. The normalized spacial score (nSPS) is 19.3. The first-order chi connectivity index (χ1) is 23.7. The first-order valence-electron chi connectivity index (χ1n) is 17.5. The van der Waals surface area contributed by atoms with Crippen LogP contribution in [0.5, 0.6) is 0 Å². The number of benzene rings is 2. The third-order valence-corrected chi connectivity index (χ3v) is 9.47. The highest BCUT2D eigenvalue weighted by molar-refractivity contribution is 5.99. The minimum absolute atomic E-state index is 0.0874. The third kappa shape index (κ3) is 7.53. The van der Waals surface area contributed by atoms with Crippen LogP contribution in [-0.2, 0) is 17.8 Å². The molecule has 12 heteroatoms. The van der Waals surface area contributed by atoms with Gasteiger partial charge in [0.1, 0.15) is 11.7 Å². The van der Waals surface area contributed by atoms with E-state index in [-0.39, 0.29) is 30.2 Å². The minimum Gasteiger partial charge on any atom is -0.354 e. The van der Waals surface area contributed by atoms with Gasteiger partial charge < -0.3 is 25.0 Å². The number of carbonyl (C=O) groups excluding carboxylic acids is 4. The summed E-state index contributed by atoms with van der Waals surface area (Å²) in [5.74, 6) is -0.355. The van der Waals surface area contributed by atoms with Gasteiger partial charge in [0.25, 0.3) is 17.7 Å². The van der Waals surface area contributed by atoms with Crippen LogP contribution in [0.15, 0.2) is 60.9 Å². The van der Waals surface area contributed by atoms with E-state index in [0.29, 0.717) is 81.1 Å². The van der Waals surface area contributed by atoms with Crippen molar-refractivity contribution in [2.75, 3.05) is 32.7 Å². The summed E-state index contributed by atoms with van der Waals surface area (Å²) in [6.07, 6.45) is 4.59. The van der Waals surface area contributed by atoms with Crippen LogP contribution < -0.4 is 5.32 Å². The number of rotatable bonds is 6. The third-order valence-electron chi connectivity index (χ3n) is 9.47. The molecule has 6 rings (SSSR count). The molecule has 2 aromatic heterocycles. The highest BCUT2D eigenvalue weighted by atomic mass is 16.2. The SMILES string of the molecule is CCn1nc(CC(C)C)cc1C(=O)N1C[C@@H]2C[C@H]1C(=O)NCCCCN(C(=O)c1ccc3nc[nH]c3c1)CCCN2C(=O)c1ccccc1. The Balaban J connectivity index is 1.28. The summed E-state index contributed by atoms with van der Waals surface area (Å²) in [4.78, 5) is 68.5. The zero-order valence-electron chi connectivity index (χ0n) is 28.6. The van der Waals surface area contributed by atoms with E-state index < -0.39 is 12.1 Å². The molecule has 2 fully saturated rings. The lowest BCUT2D eigenvalue weighted by atomic mass is 10.1. The van der Waals surface area contributed by atoms with E-state index in [0.717, 1.165) is 23.1 Å². The van der Waals surface area contributed by atoms with Crippen molar-refractivity contribution in [3.05, 3.63) is 83.4 Å². The van der Waals surface area contributed by atoms with Crippen LogP contribution in [0.1, 0.15) is 83.4 Å². The standard InChI is InChI=1S/C37H46N8O4/c1-4-45-33(21-28(41-45)19-25(2)3)37(49)44-23-29-22-32(44)34(46)38-15-8-9-16-42(35(47)27-13-14-30-31(20-27)40-24-39-30)17-10-18-43(29)36(48)26-11-6-5-7-12-26/h5-7,11-14,20-21,24-25,29,32H,4,8-10,15-19,22-23H2,1-3H3,(H,38,46)(H,39,40)/t29-,32-/m0/s1. The number of likely N-dealkylation sites (tertiary alicyclic amines) is 1. The Labute approximate surface area is 286 Å². The lowest BCUT2D eigenvalue weighted by Gasteiger charge is -2.31. The van der Waals surface area contributed by atoms with Gasteiger partial charge in [0.15, 0.2) is 0 Å². The Morgan fingerprint density at radius 1 is 0.898 bits per heavy atom. The van der Waals surface area contributed by atoms with Crippen molar-refractivity contribution >= 4 is 34.7 Å².